The quantitative estimate of drug-likeness (QED) is 0.103. The smallest absolute Gasteiger partial charge is 0.326 e. The molecule has 1 aromatic carbocycles. The minimum Gasteiger partial charge on any atom is -0.481 e. The molecule has 0 spiro atoms. The van der Waals surface area contributed by atoms with Crippen LogP contribution in [0.5, 0.6) is 0 Å². The molecule has 0 bridgehead atoms. The predicted octanol–water partition coefficient (Wildman–Crippen LogP) is -0.829. The summed E-state index contributed by atoms with van der Waals surface area (Å²) in [6.07, 6.45) is -1.40. The molecule has 1 heterocycles. The van der Waals surface area contributed by atoms with Gasteiger partial charge in [0.2, 0.25) is 17.7 Å². The number of nitrogens with two attached hydrogens (primary N) is 1. The van der Waals surface area contributed by atoms with E-state index in [2.05, 4.69) is 20.9 Å². The summed E-state index contributed by atoms with van der Waals surface area (Å²) in [7, 11) is 0. The molecule has 0 aliphatic rings. The van der Waals surface area contributed by atoms with Crippen LogP contribution in [0.4, 0.5) is 0 Å². The Labute approximate surface area is 238 Å². The fraction of sp³-hybridized carbons (Fsp3) is 0.423. The number of hydrogen-bond donors (Lipinski definition) is 9. The zero-order chi connectivity index (χ0) is 31.4. The maximum Gasteiger partial charge on any atom is 0.326 e. The standard InChI is InChI=1S/C26H33N5O11/c27-15(11-13-12-28-16-4-2-1-3-14(13)16)23(38)29-17(5-8-20(32)33)24(39)30-18(6-9-21(34)35)25(40)31-19(26(41)42)7-10-22(36)37/h1-4,12,15,17-19,28H,5-11,27H2,(H,29,38)(H,30,39)(H,31,40)(H,32,33)(H,34,35)(H,36,37)(H,41,42). The van der Waals surface area contributed by atoms with Crippen molar-refractivity contribution < 1.29 is 54.0 Å². The van der Waals surface area contributed by atoms with Crippen molar-refractivity contribution in [1.82, 2.24) is 20.9 Å². The third-order valence-corrected chi connectivity index (χ3v) is 6.27. The normalized spacial score (nSPS) is 13.7. The second-order valence-electron chi connectivity index (χ2n) is 9.49. The summed E-state index contributed by atoms with van der Waals surface area (Å²) in [5.41, 5.74) is 7.61. The van der Waals surface area contributed by atoms with Crippen molar-refractivity contribution in [2.75, 3.05) is 0 Å². The molecule has 0 fully saturated rings. The van der Waals surface area contributed by atoms with E-state index in [1.54, 1.807) is 12.3 Å². The lowest BCUT2D eigenvalue weighted by molar-refractivity contribution is -0.144. The van der Waals surface area contributed by atoms with Crippen molar-refractivity contribution in [1.29, 1.82) is 0 Å². The largest absolute Gasteiger partial charge is 0.481 e. The van der Waals surface area contributed by atoms with E-state index in [0.29, 0.717) is 0 Å². The first kappa shape index (κ1) is 33.2. The topological polar surface area (TPSA) is 278 Å². The number of carbonyl (C=O) groups excluding carboxylic acids is 3. The Balaban J connectivity index is 2.17. The van der Waals surface area contributed by atoms with Crippen molar-refractivity contribution in [3.05, 3.63) is 36.0 Å². The Kier molecular flexibility index (Phi) is 12.4. The number of benzene rings is 1. The average Bonchev–Trinajstić information content (AvgIpc) is 3.32. The zero-order valence-electron chi connectivity index (χ0n) is 22.4. The van der Waals surface area contributed by atoms with Crippen LogP contribution in [0, 0.1) is 0 Å². The van der Waals surface area contributed by atoms with Crippen LogP contribution in [0.2, 0.25) is 0 Å². The molecule has 1 aromatic heterocycles. The number of nitrogens with one attached hydrogen (secondary N) is 4. The van der Waals surface area contributed by atoms with Gasteiger partial charge in [-0.3, -0.25) is 28.8 Å². The van der Waals surface area contributed by atoms with Crippen molar-refractivity contribution in [2.24, 2.45) is 5.73 Å². The van der Waals surface area contributed by atoms with Gasteiger partial charge in [0.15, 0.2) is 0 Å². The molecule has 0 aliphatic heterocycles. The lowest BCUT2D eigenvalue weighted by atomic mass is 10.0. The molecule has 16 nitrogen and oxygen atoms in total. The molecule has 16 heteroatoms. The number of hydrogen-bond acceptors (Lipinski definition) is 8. The Hall–Kier alpha value is -4.99. The van der Waals surface area contributed by atoms with Crippen molar-refractivity contribution in [3.63, 3.8) is 0 Å². The van der Waals surface area contributed by atoms with Gasteiger partial charge in [0.25, 0.3) is 0 Å². The van der Waals surface area contributed by atoms with Gasteiger partial charge in [-0.15, -0.1) is 0 Å². The molecule has 0 saturated carbocycles. The SMILES string of the molecule is NC(Cc1c[nH]c2ccccc12)C(=O)NC(CCC(=O)O)C(=O)NC(CCC(=O)O)C(=O)NC(CCC(=O)O)C(=O)O. The number of rotatable bonds is 18. The molecule has 0 saturated heterocycles. The van der Waals surface area contributed by atoms with Gasteiger partial charge in [-0.25, -0.2) is 4.79 Å². The third kappa shape index (κ3) is 10.5. The Morgan fingerprint density at radius 1 is 0.690 bits per heavy atom. The highest BCUT2D eigenvalue weighted by molar-refractivity contribution is 5.95. The van der Waals surface area contributed by atoms with E-state index < -0.39 is 104 Å². The van der Waals surface area contributed by atoms with E-state index in [-0.39, 0.29) is 6.42 Å². The van der Waals surface area contributed by atoms with E-state index in [0.717, 1.165) is 16.5 Å². The number of carbonyl (C=O) groups is 7. The molecule has 3 amide bonds. The molecule has 228 valence electrons. The second-order valence-corrected chi connectivity index (χ2v) is 9.49. The first-order valence-corrected chi connectivity index (χ1v) is 12.9. The first-order chi connectivity index (χ1) is 19.8. The Morgan fingerprint density at radius 3 is 1.64 bits per heavy atom. The van der Waals surface area contributed by atoms with Crippen molar-refractivity contribution >= 4 is 52.5 Å². The second kappa shape index (κ2) is 15.7. The van der Waals surface area contributed by atoms with Crippen molar-refractivity contribution in [2.45, 2.75) is 69.1 Å². The number of para-hydroxylation sites is 1. The van der Waals surface area contributed by atoms with Crippen LogP contribution in [-0.4, -0.2) is 91.2 Å². The number of aromatic nitrogens is 1. The van der Waals surface area contributed by atoms with Gasteiger partial charge in [-0.2, -0.15) is 0 Å². The van der Waals surface area contributed by atoms with E-state index >= 15 is 0 Å². The molecule has 0 radical (unpaired) electrons. The Bertz CT molecular complexity index is 1320. The van der Waals surface area contributed by atoms with Crippen LogP contribution in [0.3, 0.4) is 0 Å². The van der Waals surface area contributed by atoms with Crippen LogP contribution < -0.4 is 21.7 Å². The Morgan fingerprint density at radius 2 is 1.14 bits per heavy atom. The van der Waals surface area contributed by atoms with Crippen LogP contribution >= 0.6 is 0 Å². The lowest BCUT2D eigenvalue weighted by Gasteiger charge is -2.25. The maximum absolute atomic E-state index is 13.1. The minimum atomic E-state index is -1.65. The summed E-state index contributed by atoms with van der Waals surface area (Å²) in [6.45, 7) is 0. The first-order valence-electron chi connectivity index (χ1n) is 12.9. The highest BCUT2D eigenvalue weighted by atomic mass is 16.4. The molecule has 10 N–H and O–H groups in total. The van der Waals surface area contributed by atoms with Crippen LogP contribution in [-0.2, 0) is 40.0 Å². The number of aromatic amines is 1. The van der Waals surface area contributed by atoms with Gasteiger partial charge in [-0.1, -0.05) is 18.2 Å². The molecule has 4 atom stereocenters. The fourth-order valence-corrected chi connectivity index (χ4v) is 4.05. The summed E-state index contributed by atoms with van der Waals surface area (Å²) in [4.78, 5) is 86.5. The highest BCUT2D eigenvalue weighted by Crippen LogP contribution is 2.19. The number of H-pyrrole nitrogens is 1. The molecule has 2 rings (SSSR count). The molecular formula is C26H33N5O11. The summed E-state index contributed by atoms with van der Waals surface area (Å²) in [5.74, 6) is -8.42. The van der Waals surface area contributed by atoms with E-state index in [9.17, 15) is 38.7 Å². The number of fused-ring (bicyclic) bond motifs is 1. The van der Waals surface area contributed by atoms with Gasteiger partial charge >= 0.3 is 23.9 Å². The monoisotopic (exact) mass is 591 g/mol. The predicted molar refractivity (Wildman–Crippen MR) is 144 cm³/mol. The number of aliphatic carboxylic acids is 4. The number of carboxylic acid groups (broad SMARTS) is 4. The van der Waals surface area contributed by atoms with E-state index in [4.69, 9.17) is 21.1 Å². The maximum atomic E-state index is 13.1. The van der Waals surface area contributed by atoms with E-state index in [1.165, 1.54) is 0 Å². The van der Waals surface area contributed by atoms with Crippen LogP contribution in [0.1, 0.15) is 44.1 Å². The summed E-state index contributed by atoms with van der Waals surface area (Å²) >= 11 is 0. The summed E-state index contributed by atoms with van der Waals surface area (Å²) in [6, 6.07) is 1.38. The molecular weight excluding hydrogens is 558 g/mol. The average molecular weight is 592 g/mol. The number of carboxylic acids is 4. The number of amides is 3. The summed E-state index contributed by atoms with van der Waals surface area (Å²) in [5, 5.41) is 43.8. The van der Waals surface area contributed by atoms with Gasteiger partial charge in [0, 0.05) is 36.4 Å². The minimum absolute atomic E-state index is 0.0691. The molecule has 0 aliphatic carbocycles. The third-order valence-electron chi connectivity index (χ3n) is 6.27. The van der Waals surface area contributed by atoms with Gasteiger partial charge in [-0.05, 0) is 37.3 Å². The molecule has 4 unspecified atom stereocenters. The van der Waals surface area contributed by atoms with Gasteiger partial charge in [0.05, 0.1) is 6.04 Å². The zero-order valence-corrected chi connectivity index (χ0v) is 22.4. The van der Waals surface area contributed by atoms with Crippen LogP contribution in [0.15, 0.2) is 30.5 Å². The van der Waals surface area contributed by atoms with Crippen molar-refractivity contribution in [3.8, 4) is 0 Å². The fourth-order valence-electron chi connectivity index (χ4n) is 4.05. The van der Waals surface area contributed by atoms with Gasteiger partial charge < -0.3 is 47.1 Å². The van der Waals surface area contributed by atoms with Gasteiger partial charge in [0.1, 0.15) is 18.1 Å². The molecule has 2 aromatic rings. The summed E-state index contributed by atoms with van der Waals surface area (Å²) < 4.78 is 0. The van der Waals surface area contributed by atoms with E-state index in [1.807, 2.05) is 18.2 Å². The molecule has 42 heavy (non-hydrogen) atoms. The lowest BCUT2D eigenvalue weighted by Crippen LogP contribution is -2.57. The van der Waals surface area contributed by atoms with Crippen LogP contribution in [0.25, 0.3) is 10.9 Å². The highest BCUT2D eigenvalue weighted by Gasteiger charge is 2.31.